The Labute approximate surface area is 117 Å². The van der Waals surface area contributed by atoms with E-state index in [9.17, 15) is 9.59 Å². The van der Waals surface area contributed by atoms with Crippen molar-refractivity contribution in [3.63, 3.8) is 0 Å². The van der Waals surface area contributed by atoms with Crippen molar-refractivity contribution in [2.24, 2.45) is 5.41 Å². The van der Waals surface area contributed by atoms with Gasteiger partial charge in [0.25, 0.3) is 5.91 Å². The third-order valence-electron chi connectivity index (χ3n) is 3.88. The molecule has 0 aliphatic heterocycles. The predicted molar refractivity (Wildman–Crippen MR) is 71.2 cm³/mol. The number of carboxylic acids is 1. The first-order chi connectivity index (χ1) is 9.38. The van der Waals surface area contributed by atoms with Gasteiger partial charge in [0, 0.05) is 6.04 Å². The molecular formula is C13H20N4O3. The summed E-state index contributed by atoms with van der Waals surface area (Å²) >= 11 is 0. The van der Waals surface area contributed by atoms with Crippen LogP contribution in [-0.4, -0.2) is 38.0 Å². The largest absolute Gasteiger partial charge is 0.480 e. The van der Waals surface area contributed by atoms with Crippen LogP contribution in [0.4, 0.5) is 0 Å². The van der Waals surface area contributed by atoms with E-state index < -0.39 is 5.97 Å². The molecule has 1 aliphatic carbocycles. The van der Waals surface area contributed by atoms with E-state index in [1.54, 1.807) is 0 Å². The van der Waals surface area contributed by atoms with Gasteiger partial charge in [-0.1, -0.05) is 31.9 Å². The van der Waals surface area contributed by atoms with Crippen LogP contribution in [0.5, 0.6) is 0 Å². The quantitative estimate of drug-likeness (QED) is 0.859. The van der Waals surface area contributed by atoms with Gasteiger partial charge in [-0.3, -0.25) is 9.59 Å². The molecule has 0 aromatic carbocycles. The number of carbonyl (C=O) groups excluding carboxylic acids is 1. The average Bonchev–Trinajstić information content (AvgIpc) is 2.79. The van der Waals surface area contributed by atoms with Crippen molar-refractivity contribution in [1.29, 1.82) is 0 Å². The van der Waals surface area contributed by atoms with Gasteiger partial charge < -0.3 is 10.4 Å². The van der Waals surface area contributed by atoms with Crippen molar-refractivity contribution in [3.8, 4) is 0 Å². The van der Waals surface area contributed by atoms with Crippen molar-refractivity contribution in [3.05, 3.63) is 11.9 Å². The molecule has 2 rings (SSSR count). The van der Waals surface area contributed by atoms with Crippen molar-refractivity contribution >= 4 is 11.9 Å². The molecule has 7 heteroatoms. The van der Waals surface area contributed by atoms with E-state index in [0.717, 1.165) is 23.9 Å². The number of carboxylic acid groups (broad SMARTS) is 1. The second kappa shape index (κ2) is 5.60. The van der Waals surface area contributed by atoms with Gasteiger partial charge in [-0.25, -0.2) is 4.68 Å². The van der Waals surface area contributed by atoms with Crippen LogP contribution in [-0.2, 0) is 11.3 Å². The van der Waals surface area contributed by atoms with Gasteiger partial charge in [-0.15, -0.1) is 5.10 Å². The fourth-order valence-corrected chi connectivity index (χ4v) is 2.61. The standard InChI is InChI=1S/C13H20N4O3/c1-13(2)6-4-3-5-10(13)14-12(20)9-7-17(16-15-9)8-11(18)19/h7,10H,3-6,8H2,1-2H3,(H,14,20)(H,18,19). The predicted octanol–water partition coefficient (Wildman–Crippen LogP) is 1.06. The van der Waals surface area contributed by atoms with Crippen molar-refractivity contribution < 1.29 is 14.7 Å². The third kappa shape index (κ3) is 3.34. The maximum atomic E-state index is 12.1. The lowest BCUT2D eigenvalue weighted by Crippen LogP contribution is -2.46. The second-order valence-electron chi connectivity index (χ2n) is 5.96. The summed E-state index contributed by atoms with van der Waals surface area (Å²) in [4.78, 5) is 22.7. The maximum absolute atomic E-state index is 12.1. The van der Waals surface area contributed by atoms with Gasteiger partial charge in [0.15, 0.2) is 5.69 Å². The molecule has 2 N–H and O–H groups in total. The Bertz CT molecular complexity index is 509. The SMILES string of the molecule is CC1(C)CCCCC1NC(=O)c1cn(CC(=O)O)nn1. The summed E-state index contributed by atoms with van der Waals surface area (Å²) in [5.74, 6) is -1.31. The number of aliphatic carboxylic acids is 1. The number of nitrogens with one attached hydrogen (secondary N) is 1. The molecule has 1 saturated carbocycles. The smallest absolute Gasteiger partial charge is 0.325 e. The number of hydrogen-bond acceptors (Lipinski definition) is 4. The maximum Gasteiger partial charge on any atom is 0.325 e. The zero-order valence-electron chi connectivity index (χ0n) is 11.8. The lowest BCUT2D eigenvalue weighted by molar-refractivity contribution is -0.137. The first-order valence-electron chi connectivity index (χ1n) is 6.81. The third-order valence-corrected chi connectivity index (χ3v) is 3.88. The summed E-state index contributed by atoms with van der Waals surface area (Å²) in [6, 6.07) is 0.119. The minimum atomic E-state index is -1.02. The summed E-state index contributed by atoms with van der Waals surface area (Å²) in [7, 11) is 0. The Morgan fingerprint density at radius 3 is 2.90 bits per heavy atom. The molecule has 1 unspecified atom stereocenters. The zero-order chi connectivity index (χ0) is 14.8. The van der Waals surface area contributed by atoms with E-state index in [1.807, 2.05) is 0 Å². The van der Waals surface area contributed by atoms with Gasteiger partial charge in [0.2, 0.25) is 0 Å². The molecule has 1 aliphatic rings. The van der Waals surface area contributed by atoms with E-state index in [2.05, 4.69) is 29.5 Å². The van der Waals surface area contributed by atoms with Crippen LogP contribution in [0.3, 0.4) is 0 Å². The van der Waals surface area contributed by atoms with Gasteiger partial charge in [0.05, 0.1) is 6.20 Å². The zero-order valence-corrected chi connectivity index (χ0v) is 11.8. The highest BCUT2D eigenvalue weighted by molar-refractivity contribution is 5.92. The summed E-state index contributed by atoms with van der Waals surface area (Å²) in [5, 5.41) is 19.0. The summed E-state index contributed by atoms with van der Waals surface area (Å²) in [6.07, 6.45) is 5.71. The van der Waals surface area contributed by atoms with Crippen LogP contribution in [0.15, 0.2) is 6.20 Å². The lowest BCUT2D eigenvalue weighted by atomic mass is 9.73. The highest BCUT2D eigenvalue weighted by atomic mass is 16.4. The molecule has 0 saturated heterocycles. The van der Waals surface area contributed by atoms with Gasteiger partial charge in [-0.05, 0) is 18.3 Å². The topological polar surface area (TPSA) is 97.1 Å². The number of rotatable bonds is 4. The Hall–Kier alpha value is -1.92. The highest BCUT2D eigenvalue weighted by Gasteiger charge is 2.33. The molecule has 1 aromatic heterocycles. The first-order valence-corrected chi connectivity index (χ1v) is 6.81. The molecular weight excluding hydrogens is 260 g/mol. The van der Waals surface area contributed by atoms with Crippen LogP contribution >= 0.6 is 0 Å². The monoisotopic (exact) mass is 280 g/mol. The van der Waals surface area contributed by atoms with Crippen LogP contribution in [0, 0.1) is 5.41 Å². The van der Waals surface area contributed by atoms with Crippen LogP contribution in [0.25, 0.3) is 0 Å². The van der Waals surface area contributed by atoms with E-state index in [1.165, 1.54) is 12.6 Å². The minimum absolute atomic E-state index is 0.0744. The fourth-order valence-electron chi connectivity index (χ4n) is 2.61. The number of nitrogens with zero attached hydrogens (tertiary/aromatic N) is 3. The molecule has 1 fully saturated rings. The summed E-state index contributed by atoms with van der Waals surface area (Å²) in [6.45, 7) is 4.01. The van der Waals surface area contributed by atoms with Crippen LogP contribution < -0.4 is 5.32 Å². The normalized spacial score (nSPS) is 21.4. The van der Waals surface area contributed by atoms with Crippen LogP contribution in [0.2, 0.25) is 0 Å². The Kier molecular flexibility index (Phi) is 4.06. The molecule has 20 heavy (non-hydrogen) atoms. The summed E-state index contributed by atoms with van der Waals surface area (Å²) in [5.41, 5.74) is 0.234. The molecule has 7 nitrogen and oxygen atoms in total. The highest BCUT2D eigenvalue weighted by Crippen LogP contribution is 2.35. The average molecular weight is 280 g/mol. The van der Waals surface area contributed by atoms with Crippen molar-refractivity contribution in [2.75, 3.05) is 0 Å². The van der Waals surface area contributed by atoms with Gasteiger partial charge in [0.1, 0.15) is 6.54 Å². The molecule has 1 atom stereocenters. The molecule has 0 bridgehead atoms. The summed E-state index contributed by atoms with van der Waals surface area (Å²) < 4.78 is 1.14. The fraction of sp³-hybridized carbons (Fsp3) is 0.692. The van der Waals surface area contributed by atoms with Crippen molar-refractivity contribution in [2.45, 2.75) is 52.1 Å². The van der Waals surface area contributed by atoms with E-state index in [4.69, 9.17) is 5.11 Å². The molecule has 110 valence electrons. The molecule has 0 spiro atoms. The molecule has 0 radical (unpaired) electrons. The van der Waals surface area contributed by atoms with Gasteiger partial charge >= 0.3 is 5.97 Å². The number of aromatic nitrogens is 3. The van der Waals surface area contributed by atoms with Crippen LogP contribution in [0.1, 0.15) is 50.0 Å². The Balaban J connectivity index is 2.00. The van der Waals surface area contributed by atoms with Gasteiger partial charge in [-0.2, -0.15) is 0 Å². The molecule has 1 heterocycles. The Morgan fingerprint density at radius 1 is 1.50 bits per heavy atom. The van der Waals surface area contributed by atoms with E-state index in [-0.39, 0.29) is 29.6 Å². The lowest BCUT2D eigenvalue weighted by Gasteiger charge is -2.38. The number of carbonyl (C=O) groups is 2. The minimum Gasteiger partial charge on any atom is -0.480 e. The molecule has 1 amide bonds. The van der Waals surface area contributed by atoms with E-state index in [0.29, 0.717) is 0 Å². The number of amides is 1. The first kappa shape index (κ1) is 14.5. The Morgan fingerprint density at radius 2 is 2.25 bits per heavy atom. The van der Waals surface area contributed by atoms with E-state index >= 15 is 0 Å². The molecule has 1 aromatic rings. The van der Waals surface area contributed by atoms with Crippen molar-refractivity contribution in [1.82, 2.24) is 20.3 Å². The second-order valence-corrected chi connectivity index (χ2v) is 5.96. The number of hydrogen-bond donors (Lipinski definition) is 2.